The molecule has 2 aromatic rings. The van der Waals surface area contributed by atoms with Crippen molar-refractivity contribution in [1.29, 1.82) is 0 Å². The Hall–Kier alpha value is -1.36. The summed E-state index contributed by atoms with van der Waals surface area (Å²) in [7, 11) is 0. The highest BCUT2D eigenvalue weighted by molar-refractivity contribution is 6.30. The van der Waals surface area contributed by atoms with Crippen LogP contribution in [0.1, 0.15) is 29.9 Å². The molecule has 1 unspecified atom stereocenters. The predicted octanol–water partition coefficient (Wildman–Crippen LogP) is 2.42. The average Bonchev–Trinajstić information content (AvgIpc) is 2.74. The smallest absolute Gasteiger partial charge is 0.0878 e. The van der Waals surface area contributed by atoms with Crippen molar-refractivity contribution in [3.05, 3.63) is 52.3 Å². The van der Waals surface area contributed by atoms with Crippen LogP contribution in [0.5, 0.6) is 0 Å². The van der Waals surface area contributed by atoms with Gasteiger partial charge in [0, 0.05) is 11.6 Å². The van der Waals surface area contributed by atoms with E-state index in [9.17, 15) is 0 Å². The molecule has 0 aliphatic rings. The van der Waals surface area contributed by atoms with E-state index < -0.39 is 0 Å². The molecule has 5 heteroatoms. The number of aryl methyl sites for hydroxylation is 2. The third-order valence-electron chi connectivity index (χ3n) is 2.90. The molecule has 0 aliphatic carbocycles. The lowest BCUT2D eigenvalue weighted by Gasteiger charge is -2.17. The van der Waals surface area contributed by atoms with Crippen LogP contribution in [0.15, 0.2) is 30.3 Å². The van der Waals surface area contributed by atoms with Crippen molar-refractivity contribution in [2.75, 3.05) is 0 Å². The molecular formula is C13H17ClN4. The fourth-order valence-corrected chi connectivity index (χ4v) is 2.18. The SMILES string of the molecule is CCn1nc(C)cc1C(NN)c1ccc(Cl)cc1. The Labute approximate surface area is 112 Å². The summed E-state index contributed by atoms with van der Waals surface area (Å²) in [6.07, 6.45) is 0. The zero-order valence-corrected chi connectivity index (χ0v) is 11.3. The molecule has 0 saturated heterocycles. The number of benzene rings is 1. The van der Waals surface area contributed by atoms with E-state index in [1.165, 1.54) is 0 Å². The monoisotopic (exact) mass is 264 g/mol. The van der Waals surface area contributed by atoms with Gasteiger partial charge in [0.05, 0.1) is 17.4 Å². The van der Waals surface area contributed by atoms with E-state index in [1.54, 1.807) is 0 Å². The first-order valence-electron chi connectivity index (χ1n) is 5.91. The van der Waals surface area contributed by atoms with Gasteiger partial charge in [-0.05, 0) is 37.6 Å². The summed E-state index contributed by atoms with van der Waals surface area (Å²) >= 11 is 5.90. The van der Waals surface area contributed by atoms with Crippen molar-refractivity contribution in [3.8, 4) is 0 Å². The molecular weight excluding hydrogens is 248 g/mol. The third-order valence-corrected chi connectivity index (χ3v) is 3.15. The van der Waals surface area contributed by atoms with Crippen LogP contribution < -0.4 is 11.3 Å². The maximum atomic E-state index is 5.90. The highest BCUT2D eigenvalue weighted by Crippen LogP contribution is 2.23. The number of nitrogens with zero attached hydrogens (tertiary/aromatic N) is 2. The van der Waals surface area contributed by atoms with Crippen molar-refractivity contribution in [3.63, 3.8) is 0 Å². The molecule has 0 bridgehead atoms. The Morgan fingerprint density at radius 3 is 2.61 bits per heavy atom. The number of hydrogen-bond acceptors (Lipinski definition) is 3. The van der Waals surface area contributed by atoms with Crippen molar-refractivity contribution in [1.82, 2.24) is 15.2 Å². The molecule has 1 aromatic carbocycles. The van der Waals surface area contributed by atoms with Crippen LogP contribution in [0.2, 0.25) is 5.02 Å². The molecule has 4 nitrogen and oxygen atoms in total. The van der Waals surface area contributed by atoms with E-state index in [1.807, 2.05) is 41.9 Å². The van der Waals surface area contributed by atoms with Gasteiger partial charge in [0.15, 0.2) is 0 Å². The third kappa shape index (κ3) is 2.56. The van der Waals surface area contributed by atoms with Gasteiger partial charge in [-0.3, -0.25) is 10.5 Å². The summed E-state index contributed by atoms with van der Waals surface area (Å²) in [4.78, 5) is 0. The first-order chi connectivity index (χ1) is 8.65. The van der Waals surface area contributed by atoms with Gasteiger partial charge in [-0.1, -0.05) is 23.7 Å². The summed E-state index contributed by atoms with van der Waals surface area (Å²) < 4.78 is 1.95. The highest BCUT2D eigenvalue weighted by atomic mass is 35.5. The van der Waals surface area contributed by atoms with Crippen LogP contribution in [0.25, 0.3) is 0 Å². The van der Waals surface area contributed by atoms with Crippen LogP contribution in [-0.2, 0) is 6.54 Å². The Balaban J connectivity index is 2.41. The number of rotatable bonds is 4. The Morgan fingerprint density at radius 1 is 1.39 bits per heavy atom. The second-order valence-electron chi connectivity index (χ2n) is 4.18. The minimum atomic E-state index is -0.0802. The van der Waals surface area contributed by atoms with Crippen LogP contribution in [-0.4, -0.2) is 9.78 Å². The number of hydrazine groups is 1. The van der Waals surface area contributed by atoms with Crippen molar-refractivity contribution >= 4 is 11.6 Å². The maximum Gasteiger partial charge on any atom is 0.0878 e. The number of nitrogens with two attached hydrogens (primary N) is 1. The van der Waals surface area contributed by atoms with Gasteiger partial charge in [0.25, 0.3) is 0 Å². The maximum absolute atomic E-state index is 5.90. The Kier molecular flexibility index (Phi) is 4.01. The van der Waals surface area contributed by atoms with Gasteiger partial charge in [0.2, 0.25) is 0 Å². The van der Waals surface area contributed by atoms with Crippen LogP contribution in [0.3, 0.4) is 0 Å². The number of nitrogens with one attached hydrogen (secondary N) is 1. The molecule has 0 amide bonds. The molecule has 1 aromatic heterocycles. The first kappa shape index (κ1) is 13.1. The van der Waals surface area contributed by atoms with Crippen LogP contribution in [0.4, 0.5) is 0 Å². The molecule has 3 N–H and O–H groups in total. The standard InChI is InChI=1S/C13H17ClN4/c1-3-18-12(8-9(2)17-18)13(16-15)10-4-6-11(14)7-5-10/h4-8,13,16H,3,15H2,1-2H3. The molecule has 0 fully saturated rings. The zero-order chi connectivity index (χ0) is 13.1. The van der Waals surface area contributed by atoms with E-state index >= 15 is 0 Å². The topological polar surface area (TPSA) is 55.9 Å². The molecule has 18 heavy (non-hydrogen) atoms. The summed E-state index contributed by atoms with van der Waals surface area (Å²) in [5, 5.41) is 5.15. The van der Waals surface area contributed by atoms with Crippen LogP contribution >= 0.6 is 11.6 Å². The quantitative estimate of drug-likeness (QED) is 0.659. The summed E-state index contributed by atoms with van der Waals surface area (Å²) in [6, 6.07) is 9.62. The van der Waals surface area contributed by atoms with Crippen LogP contribution in [0, 0.1) is 6.92 Å². The molecule has 0 radical (unpaired) electrons. The van der Waals surface area contributed by atoms with Gasteiger partial charge >= 0.3 is 0 Å². The summed E-state index contributed by atoms with van der Waals surface area (Å²) in [5.74, 6) is 5.68. The van der Waals surface area contributed by atoms with Crippen molar-refractivity contribution in [2.45, 2.75) is 26.4 Å². The fourth-order valence-electron chi connectivity index (χ4n) is 2.06. The summed E-state index contributed by atoms with van der Waals surface area (Å²) in [6.45, 7) is 4.85. The zero-order valence-electron chi connectivity index (χ0n) is 10.5. The molecule has 0 saturated carbocycles. The lowest BCUT2D eigenvalue weighted by Crippen LogP contribution is -2.30. The van der Waals surface area contributed by atoms with Gasteiger partial charge in [-0.25, -0.2) is 5.43 Å². The molecule has 0 aliphatic heterocycles. The molecule has 2 rings (SSSR count). The van der Waals surface area contributed by atoms with E-state index in [0.717, 1.165) is 28.5 Å². The number of aromatic nitrogens is 2. The largest absolute Gasteiger partial charge is 0.271 e. The predicted molar refractivity (Wildman–Crippen MR) is 73.3 cm³/mol. The van der Waals surface area contributed by atoms with E-state index in [2.05, 4.69) is 17.4 Å². The lowest BCUT2D eigenvalue weighted by molar-refractivity contribution is 0.542. The van der Waals surface area contributed by atoms with Gasteiger partial charge in [0.1, 0.15) is 0 Å². The van der Waals surface area contributed by atoms with Gasteiger partial charge < -0.3 is 0 Å². The fraction of sp³-hybridized carbons (Fsp3) is 0.308. The van der Waals surface area contributed by atoms with Crippen molar-refractivity contribution in [2.24, 2.45) is 5.84 Å². The minimum Gasteiger partial charge on any atom is -0.271 e. The van der Waals surface area contributed by atoms with E-state index in [0.29, 0.717) is 0 Å². The molecule has 1 heterocycles. The lowest BCUT2D eigenvalue weighted by atomic mass is 10.0. The Bertz CT molecular complexity index is 518. The first-order valence-corrected chi connectivity index (χ1v) is 6.29. The van der Waals surface area contributed by atoms with Gasteiger partial charge in [-0.15, -0.1) is 0 Å². The number of hydrogen-bond donors (Lipinski definition) is 2. The molecule has 96 valence electrons. The highest BCUT2D eigenvalue weighted by Gasteiger charge is 2.17. The normalized spacial score (nSPS) is 12.7. The van der Waals surface area contributed by atoms with Crippen molar-refractivity contribution < 1.29 is 0 Å². The molecule has 0 spiro atoms. The molecule has 1 atom stereocenters. The average molecular weight is 265 g/mol. The number of halogens is 1. The van der Waals surface area contributed by atoms with E-state index in [-0.39, 0.29) is 6.04 Å². The van der Waals surface area contributed by atoms with Gasteiger partial charge in [-0.2, -0.15) is 5.10 Å². The second-order valence-corrected chi connectivity index (χ2v) is 4.61. The second kappa shape index (κ2) is 5.52. The minimum absolute atomic E-state index is 0.0802. The Morgan fingerprint density at radius 2 is 2.06 bits per heavy atom. The van der Waals surface area contributed by atoms with E-state index in [4.69, 9.17) is 17.4 Å². The summed E-state index contributed by atoms with van der Waals surface area (Å²) in [5.41, 5.74) is 5.95.